The summed E-state index contributed by atoms with van der Waals surface area (Å²) in [5.74, 6) is 2.00. The van der Waals surface area contributed by atoms with Crippen molar-refractivity contribution >= 4 is 11.8 Å². The Morgan fingerprint density at radius 2 is 1.60 bits per heavy atom. The van der Waals surface area contributed by atoms with Crippen molar-refractivity contribution in [1.82, 2.24) is 10.2 Å². The summed E-state index contributed by atoms with van der Waals surface area (Å²) < 4.78 is 16.3. The topological polar surface area (TPSA) is 77.1 Å². The maximum Gasteiger partial charge on any atom is 0.260 e. The fourth-order valence-electron chi connectivity index (χ4n) is 3.33. The van der Waals surface area contributed by atoms with E-state index < -0.39 is 0 Å². The van der Waals surface area contributed by atoms with Crippen LogP contribution < -0.4 is 19.5 Å². The largest absolute Gasteiger partial charge is 0.493 e. The van der Waals surface area contributed by atoms with Gasteiger partial charge >= 0.3 is 0 Å². The molecule has 7 nitrogen and oxygen atoms in total. The molecular formula is C23H28N2O5. The molecule has 0 unspecified atom stereocenters. The molecule has 0 radical (unpaired) electrons. The number of hydrogen-bond donors (Lipinski definition) is 1. The molecule has 0 aromatic heterocycles. The standard InChI is InChI=1S/C23H28N2O5/c1-28-20-9-5-6-10-21(20)30-16-22(26)24-15-18-11-13-25(14-12-18)23(27)17-29-19-7-3-2-4-8-19/h2-10,18H,11-17H2,1H3,(H,24,26). The second-order valence-electron chi connectivity index (χ2n) is 7.17. The fourth-order valence-corrected chi connectivity index (χ4v) is 3.33. The highest BCUT2D eigenvalue weighted by Crippen LogP contribution is 2.25. The molecule has 2 aromatic carbocycles. The molecule has 30 heavy (non-hydrogen) atoms. The average Bonchev–Trinajstić information content (AvgIpc) is 2.81. The molecule has 1 saturated heterocycles. The third kappa shape index (κ3) is 6.40. The van der Waals surface area contributed by atoms with Gasteiger partial charge in [-0.2, -0.15) is 0 Å². The number of benzene rings is 2. The summed E-state index contributed by atoms with van der Waals surface area (Å²) in [6, 6.07) is 16.5. The second kappa shape index (κ2) is 11.1. The fraction of sp³-hybridized carbons (Fsp3) is 0.391. The van der Waals surface area contributed by atoms with E-state index in [4.69, 9.17) is 14.2 Å². The number of hydrogen-bond acceptors (Lipinski definition) is 5. The number of rotatable bonds is 9. The summed E-state index contributed by atoms with van der Waals surface area (Å²) in [5.41, 5.74) is 0. The number of para-hydroxylation sites is 3. The van der Waals surface area contributed by atoms with Crippen LogP contribution in [0.4, 0.5) is 0 Å². The number of amides is 2. The Kier molecular flexibility index (Phi) is 7.94. The van der Waals surface area contributed by atoms with Crippen LogP contribution in [0.3, 0.4) is 0 Å². The molecule has 3 rings (SSSR count). The summed E-state index contributed by atoms with van der Waals surface area (Å²) >= 11 is 0. The summed E-state index contributed by atoms with van der Waals surface area (Å²) in [7, 11) is 1.56. The van der Waals surface area contributed by atoms with E-state index in [1.165, 1.54) is 0 Å². The molecule has 0 aliphatic carbocycles. The van der Waals surface area contributed by atoms with Gasteiger partial charge in [0.25, 0.3) is 11.8 Å². The minimum atomic E-state index is -0.171. The lowest BCUT2D eigenvalue weighted by Gasteiger charge is -2.32. The lowest BCUT2D eigenvalue weighted by atomic mass is 9.97. The zero-order chi connectivity index (χ0) is 21.2. The highest BCUT2D eigenvalue weighted by atomic mass is 16.5. The van der Waals surface area contributed by atoms with Crippen molar-refractivity contribution in [2.45, 2.75) is 12.8 Å². The van der Waals surface area contributed by atoms with Crippen LogP contribution in [0.1, 0.15) is 12.8 Å². The van der Waals surface area contributed by atoms with Crippen LogP contribution >= 0.6 is 0 Å². The third-order valence-electron chi connectivity index (χ3n) is 5.09. The maximum atomic E-state index is 12.3. The monoisotopic (exact) mass is 412 g/mol. The van der Waals surface area contributed by atoms with Crippen molar-refractivity contribution in [3.8, 4) is 17.2 Å². The SMILES string of the molecule is COc1ccccc1OCC(=O)NCC1CCN(C(=O)COc2ccccc2)CC1. The average molecular weight is 412 g/mol. The normalized spacial score (nSPS) is 14.1. The molecule has 2 amide bonds. The van der Waals surface area contributed by atoms with Crippen LogP contribution in [0.5, 0.6) is 17.2 Å². The predicted octanol–water partition coefficient (Wildman–Crippen LogP) is 2.51. The number of ether oxygens (including phenoxy) is 3. The van der Waals surface area contributed by atoms with Gasteiger partial charge < -0.3 is 24.4 Å². The van der Waals surface area contributed by atoms with Gasteiger partial charge in [0.15, 0.2) is 24.7 Å². The molecular weight excluding hydrogens is 384 g/mol. The number of nitrogens with one attached hydrogen (secondary N) is 1. The van der Waals surface area contributed by atoms with Crippen LogP contribution in [-0.4, -0.2) is 56.7 Å². The first-order chi connectivity index (χ1) is 14.7. The van der Waals surface area contributed by atoms with Gasteiger partial charge in [-0.1, -0.05) is 30.3 Å². The van der Waals surface area contributed by atoms with Crippen molar-refractivity contribution in [3.63, 3.8) is 0 Å². The zero-order valence-corrected chi connectivity index (χ0v) is 17.2. The molecule has 0 saturated carbocycles. The molecule has 1 fully saturated rings. The van der Waals surface area contributed by atoms with E-state index in [1.807, 2.05) is 47.4 Å². The van der Waals surface area contributed by atoms with Crippen molar-refractivity contribution in [3.05, 3.63) is 54.6 Å². The van der Waals surface area contributed by atoms with Gasteiger partial charge in [-0.25, -0.2) is 0 Å². The Hall–Kier alpha value is -3.22. The summed E-state index contributed by atoms with van der Waals surface area (Å²) in [6.45, 7) is 1.92. The predicted molar refractivity (Wildman–Crippen MR) is 113 cm³/mol. The van der Waals surface area contributed by atoms with E-state index in [9.17, 15) is 9.59 Å². The number of carbonyl (C=O) groups is 2. The highest BCUT2D eigenvalue weighted by molar-refractivity contribution is 5.78. The highest BCUT2D eigenvalue weighted by Gasteiger charge is 2.23. The lowest BCUT2D eigenvalue weighted by molar-refractivity contribution is -0.135. The van der Waals surface area contributed by atoms with E-state index >= 15 is 0 Å². The van der Waals surface area contributed by atoms with Gasteiger partial charge in [0, 0.05) is 19.6 Å². The first-order valence-corrected chi connectivity index (χ1v) is 10.1. The van der Waals surface area contributed by atoms with Gasteiger partial charge in [-0.15, -0.1) is 0 Å². The third-order valence-corrected chi connectivity index (χ3v) is 5.09. The van der Waals surface area contributed by atoms with Crippen molar-refractivity contribution in [2.75, 3.05) is 40.0 Å². The minimum absolute atomic E-state index is 0.00783. The van der Waals surface area contributed by atoms with E-state index in [1.54, 1.807) is 19.2 Å². The van der Waals surface area contributed by atoms with E-state index in [0.29, 0.717) is 42.8 Å². The molecule has 1 heterocycles. The van der Waals surface area contributed by atoms with Crippen molar-refractivity contribution < 1.29 is 23.8 Å². The number of methoxy groups -OCH3 is 1. The Bertz CT molecular complexity index is 819. The molecule has 0 spiro atoms. The van der Waals surface area contributed by atoms with Gasteiger partial charge in [0.1, 0.15) is 5.75 Å². The number of carbonyl (C=O) groups excluding carboxylic acids is 2. The smallest absolute Gasteiger partial charge is 0.260 e. The van der Waals surface area contributed by atoms with E-state index in [0.717, 1.165) is 12.8 Å². The van der Waals surface area contributed by atoms with Gasteiger partial charge in [-0.05, 0) is 43.0 Å². The Morgan fingerprint density at radius 3 is 2.30 bits per heavy atom. The van der Waals surface area contributed by atoms with Crippen LogP contribution in [0.2, 0.25) is 0 Å². The minimum Gasteiger partial charge on any atom is -0.493 e. The quantitative estimate of drug-likeness (QED) is 0.685. The molecule has 1 N–H and O–H groups in total. The van der Waals surface area contributed by atoms with Crippen LogP contribution in [0.15, 0.2) is 54.6 Å². The lowest BCUT2D eigenvalue weighted by Crippen LogP contribution is -2.43. The molecule has 0 atom stereocenters. The summed E-state index contributed by atoms with van der Waals surface area (Å²) in [6.07, 6.45) is 1.70. The number of piperidine rings is 1. The van der Waals surface area contributed by atoms with Crippen LogP contribution in [-0.2, 0) is 9.59 Å². The Morgan fingerprint density at radius 1 is 0.933 bits per heavy atom. The molecule has 1 aliphatic rings. The van der Waals surface area contributed by atoms with Gasteiger partial charge in [0.2, 0.25) is 0 Å². The van der Waals surface area contributed by atoms with Crippen LogP contribution in [0.25, 0.3) is 0 Å². The van der Waals surface area contributed by atoms with Gasteiger partial charge in [-0.3, -0.25) is 9.59 Å². The Labute approximate surface area is 176 Å². The number of nitrogens with zero attached hydrogens (tertiary/aromatic N) is 1. The maximum absolute atomic E-state index is 12.3. The van der Waals surface area contributed by atoms with Crippen molar-refractivity contribution in [2.24, 2.45) is 5.92 Å². The molecule has 160 valence electrons. The first kappa shape index (κ1) is 21.5. The van der Waals surface area contributed by atoms with Crippen LogP contribution in [0, 0.1) is 5.92 Å². The van der Waals surface area contributed by atoms with E-state index in [2.05, 4.69) is 5.32 Å². The molecule has 1 aliphatic heterocycles. The zero-order valence-electron chi connectivity index (χ0n) is 17.2. The first-order valence-electron chi connectivity index (χ1n) is 10.1. The number of likely N-dealkylation sites (tertiary alicyclic amines) is 1. The molecule has 7 heteroatoms. The second-order valence-corrected chi connectivity index (χ2v) is 7.17. The summed E-state index contributed by atoms with van der Waals surface area (Å²) in [5, 5.41) is 2.92. The van der Waals surface area contributed by atoms with Gasteiger partial charge in [0.05, 0.1) is 7.11 Å². The molecule has 2 aromatic rings. The van der Waals surface area contributed by atoms with Crippen molar-refractivity contribution in [1.29, 1.82) is 0 Å². The summed E-state index contributed by atoms with van der Waals surface area (Å²) in [4.78, 5) is 26.2. The Balaban J connectivity index is 1.32. The molecule has 0 bridgehead atoms. The van der Waals surface area contributed by atoms with E-state index in [-0.39, 0.29) is 25.0 Å².